The second kappa shape index (κ2) is 7.08. The maximum absolute atomic E-state index is 12.9. The van der Waals surface area contributed by atoms with E-state index in [0.29, 0.717) is 17.3 Å². The van der Waals surface area contributed by atoms with Gasteiger partial charge in [-0.05, 0) is 49.0 Å². The van der Waals surface area contributed by atoms with Gasteiger partial charge in [-0.15, -0.1) is 0 Å². The molecular weight excluding hydrogens is 352 g/mol. The lowest BCUT2D eigenvalue weighted by Gasteiger charge is -2.44. The fourth-order valence-electron chi connectivity index (χ4n) is 4.68. The van der Waals surface area contributed by atoms with E-state index in [1.807, 2.05) is 48.5 Å². The summed E-state index contributed by atoms with van der Waals surface area (Å²) in [5.74, 6) is 0.780. The fraction of sp³-hybridized carbons (Fsp3) is 0.348. The third-order valence-corrected chi connectivity index (χ3v) is 6.22. The number of benzene rings is 2. The van der Waals surface area contributed by atoms with E-state index >= 15 is 0 Å². The standard InChI is InChI=1S/C23H24N2O3/c26-14-17-4-1-2-6-18(17)19-7-3-5-16-12-21(28-22(16)19)23(27)24-20-13-25-10-8-15(20)9-11-25/h1-7,12,15,20,26H,8-11,13-14H2,(H,24,27)/t20-/m1/s1. The van der Waals surface area contributed by atoms with Crippen LogP contribution in [0.1, 0.15) is 29.0 Å². The van der Waals surface area contributed by atoms with Gasteiger partial charge in [-0.25, -0.2) is 0 Å². The highest BCUT2D eigenvalue weighted by Crippen LogP contribution is 2.33. The van der Waals surface area contributed by atoms with Gasteiger partial charge in [0, 0.05) is 23.5 Å². The normalized spacial score (nSPS) is 23.8. The zero-order valence-corrected chi connectivity index (χ0v) is 15.7. The molecule has 2 bridgehead atoms. The van der Waals surface area contributed by atoms with Crippen LogP contribution in [-0.2, 0) is 6.61 Å². The maximum atomic E-state index is 12.9. The number of carbonyl (C=O) groups is 1. The van der Waals surface area contributed by atoms with Gasteiger partial charge in [0.2, 0.25) is 0 Å². The molecule has 0 saturated carbocycles. The van der Waals surface area contributed by atoms with Gasteiger partial charge in [0.15, 0.2) is 5.76 Å². The van der Waals surface area contributed by atoms with E-state index < -0.39 is 0 Å². The molecule has 1 amide bonds. The van der Waals surface area contributed by atoms with Gasteiger partial charge in [-0.3, -0.25) is 4.79 Å². The summed E-state index contributed by atoms with van der Waals surface area (Å²) in [5, 5.41) is 13.8. The summed E-state index contributed by atoms with van der Waals surface area (Å²) in [6, 6.07) is 15.6. The third-order valence-electron chi connectivity index (χ3n) is 6.22. The minimum absolute atomic E-state index is 0.0415. The summed E-state index contributed by atoms with van der Waals surface area (Å²) < 4.78 is 6.03. The lowest BCUT2D eigenvalue weighted by molar-refractivity contribution is 0.0607. The minimum atomic E-state index is -0.142. The van der Waals surface area contributed by atoms with Crippen molar-refractivity contribution in [1.82, 2.24) is 10.2 Å². The molecule has 0 unspecified atom stereocenters. The molecule has 3 saturated heterocycles. The number of carbonyl (C=O) groups excluding carboxylic acids is 1. The Morgan fingerprint density at radius 3 is 2.64 bits per heavy atom. The second-order valence-corrected chi connectivity index (χ2v) is 7.87. The molecule has 3 aromatic rings. The first-order chi connectivity index (χ1) is 13.7. The lowest BCUT2D eigenvalue weighted by Crippen LogP contribution is -2.57. The molecule has 1 aromatic heterocycles. The predicted octanol–water partition coefficient (Wildman–Crippen LogP) is 3.42. The molecule has 0 aliphatic carbocycles. The van der Waals surface area contributed by atoms with E-state index in [1.54, 1.807) is 0 Å². The van der Waals surface area contributed by atoms with E-state index in [9.17, 15) is 9.90 Å². The molecule has 144 valence electrons. The molecule has 3 aliphatic rings. The van der Waals surface area contributed by atoms with E-state index in [4.69, 9.17) is 4.42 Å². The summed E-state index contributed by atoms with van der Waals surface area (Å²) in [6.45, 7) is 3.19. The average Bonchev–Trinajstić information content (AvgIpc) is 3.19. The van der Waals surface area contributed by atoms with Gasteiger partial charge in [-0.2, -0.15) is 0 Å². The molecule has 4 heterocycles. The number of nitrogens with one attached hydrogen (secondary N) is 1. The van der Waals surface area contributed by atoms with E-state index in [1.165, 1.54) is 0 Å². The molecule has 28 heavy (non-hydrogen) atoms. The van der Waals surface area contributed by atoms with Crippen LogP contribution in [-0.4, -0.2) is 41.6 Å². The summed E-state index contributed by atoms with van der Waals surface area (Å²) in [6.07, 6.45) is 2.32. The lowest BCUT2D eigenvalue weighted by atomic mass is 9.84. The highest BCUT2D eigenvalue weighted by atomic mass is 16.3. The number of para-hydroxylation sites is 1. The third kappa shape index (κ3) is 3.01. The molecule has 2 aromatic carbocycles. The average molecular weight is 376 g/mol. The molecule has 2 N–H and O–H groups in total. The SMILES string of the molecule is O=C(N[C@@H]1CN2CCC1CC2)c1cc2cccc(-c3ccccc3CO)c2o1. The van der Waals surface area contributed by atoms with E-state index in [0.717, 1.165) is 54.6 Å². The Kier molecular flexibility index (Phi) is 4.41. The Hall–Kier alpha value is -2.63. The van der Waals surface area contributed by atoms with Crippen LogP contribution in [0.25, 0.3) is 22.1 Å². The molecule has 5 nitrogen and oxygen atoms in total. The van der Waals surface area contributed by atoms with Crippen LogP contribution in [0.15, 0.2) is 52.9 Å². The number of hydrogen-bond donors (Lipinski definition) is 2. The van der Waals surface area contributed by atoms with Crippen LogP contribution in [0, 0.1) is 5.92 Å². The molecule has 0 radical (unpaired) electrons. The van der Waals surface area contributed by atoms with Gasteiger partial charge in [0.05, 0.1) is 6.61 Å². The van der Waals surface area contributed by atoms with Crippen molar-refractivity contribution in [3.8, 4) is 11.1 Å². The molecule has 3 fully saturated rings. The van der Waals surface area contributed by atoms with Crippen molar-refractivity contribution in [2.45, 2.75) is 25.5 Å². The zero-order chi connectivity index (χ0) is 19.1. The highest BCUT2D eigenvalue weighted by Gasteiger charge is 2.35. The molecule has 5 heteroatoms. The summed E-state index contributed by atoms with van der Waals surface area (Å²) >= 11 is 0. The van der Waals surface area contributed by atoms with Crippen molar-refractivity contribution in [2.24, 2.45) is 5.92 Å². The first kappa shape index (κ1) is 17.5. The fourth-order valence-corrected chi connectivity index (χ4v) is 4.68. The van der Waals surface area contributed by atoms with Crippen LogP contribution < -0.4 is 5.32 Å². The number of furan rings is 1. The molecule has 1 atom stereocenters. The number of hydrogen-bond acceptors (Lipinski definition) is 4. The Balaban J connectivity index is 1.46. The summed E-state index contributed by atoms with van der Waals surface area (Å²) in [5.41, 5.74) is 3.34. The monoisotopic (exact) mass is 376 g/mol. The molecule has 3 aliphatic heterocycles. The smallest absolute Gasteiger partial charge is 0.287 e. The van der Waals surface area contributed by atoms with E-state index in [-0.39, 0.29) is 18.6 Å². The quantitative estimate of drug-likeness (QED) is 0.732. The van der Waals surface area contributed by atoms with Gasteiger partial charge < -0.3 is 19.7 Å². The second-order valence-electron chi connectivity index (χ2n) is 7.87. The van der Waals surface area contributed by atoms with E-state index in [2.05, 4.69) is 10.2 Å². The Bertz CT molecular complexity index is 1020. The van der Waals surface area contributed by atoms with Gasteiger partial charge in [0.25, 0.3) is 5.91 Å². The summed E-state index contributed by atoms with van der Waals surface area (Å²) in [4.78, 5) is 15.3. The topological polar surface area (TPSA) is 65.7 Å². The van der Waals surface area contributed by atoms with Crippen LogP contribution in [0.3, 0.4) is 0 Å². The number of aliphatic hydroxyl groups is 1. The van der Waals surface area contributed by atoms with Crippen molar-refractivity contribution in [3.63, 3.8) is 0 Å². The number of aliphatic hydroxyl groups excluding tert-OH is 1. The van der Waals surface area contributed by atoms with Crippen molar-refractivity contribution in [1.29, 1.82) is 0 Å². The maximum Gasteiger partial charge on any atom is 0.287 e. The molecule has 6 rings (SSSR count). The highest BCUT2D eigenvalue weighted by molar-refractivity contribution is 6.00. The van der Waals surface area contributed by atoms with Crippen LogP contribution in [0.5, 0.6) is 0 Å². The number of fused-ring (bicyclic) bond motifs is 4. The van der Waals surface area contributed by atoms with Crippen LogP contribution in [0.2, 0.25) is 0 Å². The predicted molar refractivity (Wildman–Crippen MR) is 108 cm³/mol. The minimum Gasteiger partial charge on any atom is -0.450 e. The first-order valence-corrected chi connectivity index (χ1v) is 9.98. The van der Waals surface area contributed by atoms with Crippen LogP contribution in [0.4, 0.5) is 0 Å². The Morgan fingerprint density at radius 1 is 1.11 bits per heavy atom. The Morgan fingerprint density at radius 2 is 1.89 bits per heavy atom. The van der Waals surface area contributed by atoms with Crippen molar-refractivity contribution >= 4 is 16.9 Å². The summed E-state index contributed by atoms with van der Waals surface area (Å²) in [7, 11) is 0. The Labute approximate surface area is 164 Å². The number of amides is 1. The molecule has 0 spiro atoms. The number of piperidine rings is 3. The number of rotatable bonds is 4. The van der Waals surface area contributed by atoms with Crippen LogP contribution >= 0.6 is 0 Å². The van der Waals surface area contributed by atoms with Gasteiger partial charge in [0.1, 0.15) is 5.58 Å². The van der Waals surface area contributed by atoms with Crippen molar-refractivity contribution in [3.05, 3.63) is 59.9 Å². The van der Waals surface area contributed by atoms with Gasteiger partial charge in [-0.1, -0.05) is 42.5 Å². The zero-order valence-electron chi connectivity index (χ0n) is 15.7. The first-order valence-electron chi connectivity index (χ1n) is 9.98. The van der Waals surface area contributed by atoms with Crippen molar-refractivity contribution < 1.29 is 14.3 Å². The largest absolute Gasteiger partial charge is 0.450 e. The number of nitrogens with zero attached hydrogens (tertiary/aromatic N) is 1. The molecular formula is C23H24N2O3. The van der Waals surface area contributed by atoms with Crippen molar-refractivity contribution in [2.75, 3.05) is 19.6 Å². The van der Waals surface area contributed by atoms with Gasteiger partial charge >= 0.3 is 0 Å².